The predicted octanol–water partition coefficient (Wildman–Crippen LogP) is 4.60. The number of thiophene rings is 1. The van der Waals surface area contributed by atoms with Gasteiger partial charge in [-0.2, -0.15) is 0 Å². The molecule has 3 aromatic rings. The Morgan fingerprint density at radius 2 is 1.37 bits per heavy atom. The molecule has 3 N–H and O–H groups in total. The van der Waals surface area contributed by atoms with Gasteiger partial charge in [0.15, 0.2) is 0 Å². The Hall–Kier alpha value is -3.16. The van der Waals surface area contributed by atoms with E-state index in [2.05, 4.69) is 16.0 Å². The van der Waals surface area contributed by atoms with Crippen LogP contribution in [0.3, 0.4) is 0 Å². The SMILES string of the molecule is CC(=O)Nc1ccc(C2(c3ccc(NC(C)=O)cc3)C(=O)Nc3sc(Cl)cc32)cc1. The van der Waals surface area contributed by atoms with Crippen LogP contribution in [0, 0.1) is 0 Å². The second kappa shape index (κ2) is 7.59. The Kier molecular flexibility index (Phi) is 5.09. The minimum Gasteiger partial charge on any atom is -0.326 e. The smallest absolute Gasteiger partial charge is 0.244 e. The first-order chi connectivity index (χ1) is 14.3. The molecule has 0 aliphatic carbocycles. The largest absolute Gasteiger partial charge is 0.326 e. The maximum Gasteiger partial charge on any atom is 0.244 e. The molecule has 0 atom stereocenters. The summed E-state index contributed by atoms with van der Waals surface area (Å²) in [6.45, 7) is 2.88. The summed E-state index contributed by atoms with van der Waals surface area (Å²) in [6.07, 6.45) is 0. The minimum absolute atomic E-state index is 0.170. The minimum atomic E-state index is -1.09. The standard InChI is InChI=1S/C22H18ClN3O3S/c1-12(27)24-16-7-3-14(4-8-16)22(15-5-9-17(10-6-15)25-13(2)28)18-11-19(23)30-20(18)26-21(22)29/h3-11H,1-2H3,(H,24,27)(H,25,28)(H,26,29). The molecule has 0 saturated carbocycles. The van der Waals surface area contributed by atoms with Gasteiger partial charge in [0.1, 0.15) is 10.4 Å². The lowest BCUT2D eigenvalue weighted by Crippen LogP contribution is -2.37. The number of anilines is 3. The zero-order valence-corrected chi connectivity index (χ0v) is 17.8. The molecule has 0 saturated heterocycles. The van der Waals surface area contributed by atoms with Gasteiger partial charge in [-0.1, -0.05) is 35.9 Å². The number of hydrogen-bond acceptors (Lipinski definition) is 4. The van der Waals surface area contributed by atoms with E-state index in [4.69, 9.17) is 11.6 Å². The zero-order valence-electron chi connectivity index (χ0n) is 16.2. The number of carbonyl (C=O) groups is 3. The van der Waals surface area contributed by atoms with Gasteiger partial charge >= 0.3 is 0 Å². The highest BCUT2D eigenvalue weighted by Crippen LogP contribution is 2.52. The molecule has 0 bridgehead atoms. The van der Waals surface area contributed by atoms with Crippen LogP contribution >= 0.6 is 22.9 Å². The maximum atomic E-state index is 13.4. The molecule has 0 unspecified atom stereocenters. The number of nitrogens with one attached hydrogen (secondary N) is 3. The van der Waals surface area contributed by atoms with E-state index >= 15 is 0 Å². The van der Waals surface area contributed by atoms with E-state index in [0.717, 1.165) is 16.7 Å². The average Bonchev–Trinajstić information content (AvgIpc) is 3.16. The van der Waals surface area contributed by atoms with Gasteiger partial charge in [0.25, 0.3) is 0 Å². The molecular weight excluding hydrogens is 422 g/mol. The van der Waals surface area contributed by atoms with Crippen LogP contribution < -0.4 is 16.0 Å². The fraction of sp³-hybridized carbons (Fsp3) is 0.136. The lowest BCUT2D eigenvalue weighted by molar-refractivity contribution is -0.118. The Labute approximate surface area is 182 Å². The van der Waals surface area contributed by atoms with Gasteiger partial charge in [-0.05, 0) is 41.5 Å². The molecule has 2 aromatic carbocycles. The number of halogens is 1. The summed E-state index contributed by atoms with van der Waals surface area (Å²) in [5, 5.41) is 9.14. The molecule has 1 aliphatic heterocycles. The van der Waals surface area contributed by atoms with Gasteiger partial charge < -0.3 is 16.0 Å². The van der Waals surface area contributed by atoms with Crippen molar-refractivity contribution in [2.45, 2.75) is 19.3 Å². The van der Waals surface area contributed by atoms with Crippen LogP contribution in [0.15, 0.2) is 54.6 Å². The van der Waals surface area contributed by atoms with E-state index in [1.54, 1.807) is 24.3 Å². The second-order valence-electron chi connectivity index (χ2n) is 7.01. The molecule has 2 heterocycles. The maximum absolute atomic E-state index is 13.4. The van der Waals surface area contributed by atoms with Gasteiger partial charge in [-0.25, -0.2) is 0 Å². The first-order valence-electron chi connectivity index (χ1n) is 9.18. The van der Waals surface area contributed by atoms with Crippen LogP contribution in [0.4, 0.5) is 16.4 Å². The molecule has 3 amide bonds. The summed E-state index contributed by atoms with van der Waals surface area (Å²) >= 11 is 7.58. The summed E-state index contributed by atoms with van der Waals surface area (Å²) in [6, 6.07) is 16.2. The van der Waals surface area contributed by atoms with Gasteiger partial charge in [0.05, 0.1) is 4.34 Å². The van der Waals surface area contributed by atoms with Crippen LogP contribution in [0.5, 0.6) is 0 Å². The third-order valence-corrected chi connectivity index (χ3v) is 6.13. The number of rotatable bonds is 4. The first kappa shape index (κ1) is 20.1. The summed E-state index contributed by atoms with van der Waals surface area (Å²) in [5.41, 5.74) is 2.46. The Morgan fingerprint density at radius 1 is 0.900 bits per heavy atom. The van der Waals surface area contributed by atoms with E-state index < -0.39 is 5.41 Å². The van der Waals surface area contributed by atoms with Crippen LogP contribution in [0.2, 0.25) is 4.34 Å². The molecule has 4 rings (SSSR count). The molecular formula is C22H18ClN3O3S. The van der Waals surface area contributed by atoms with Crippen molar-refractivity contribution in [3.8, 4) is 0 Å². The van der Waals surface area contributed by atoms with Gasteiger partial charge in [-0.15, -0.1) is 11.3 Å². The molecule has 152 valence electrons. The third kappa shape index (κ3) is 3.36. The van der Waals surface area contributed by atoms with Gasteiger partial charge in [0, 0.05) is 30.8 Å². The van der Waals surface area contributed by atoms with E-state index in [1.165, 1.54) is 25.2 Å². The van der Waals surface area contributed by atoms with Crippen LogP contribution in [0.25, 0.3) is 0 Å². The monoisotopic (exact) mass is 439 g/mol. The number of fused-ring (bicyclic) bond motifs is 1. The molecule has 1 aromatic heterocycles. The van der Waals surface area contributed by atoms with Crippen LogP contribution in [0.1, 0.15) is 30.5 Å². The molecule has 6 nitrogen and oxygen atoms in total. The van der Waals surface area contributed by atoms with E-state index in [-0.39, 0.29) is 17.7 Å². The Balaban J connectivity index is 1.87. The van der Waals surface area contributed by atoms with Crippen molar-refractivity contribution >= 4 is 57.0 Å². The second-order valence-corrected chi connectivity index (χ2v) is 8.70. The quantitative estimate of drug-likeness (QED) is 0.555. The lowest BCUT2D eigenvalue weighted by atomic mass is 9.71. The van der Waals surface area contributed by atoms with Crippen molar-refractivity contribution in [1.82, 2.24) is 0 Å². The highest BCUT2D eigenvalue weighted by atomic mass is 35.5. The van der Waals surface area contributed by atoms with Crippen molar-refractivity contribution in [3.05, 3.63) is 75.6 Å². The van der Waals surface area contributed by atoms with Crippen molar-refractivity contribution in [2.75, 3.05) is 16.0 Å². The number of benzene rings is 2. The molecule has 0 radical (unpaired) electrons. The van der Waals surface area contributed by atoms with Crippen molar-refractivity contribution in [1.29, 1.82) is 0 Å². The van der Waals surface area contributed by atoms with Crippen molar-refractivity contribution < 1.29 is 14.4 Å². The number of hydrogen-bond donors (Lipinski definition) is 3. The molecule has 1 aliphatic rings. The summed E-state index contributed by atoms with van der Waals surface area (Å²) in [5.74, 6) is -0.520. The topological polar surface area (TPSA) is 87.3 Å². The molecule has 30 heavy (non-hydrogen) atoms. The predicted molar refractivity (Wildman–Crippen MR) is 119 cm³/mol. The third-order valence-electron chi connectivity index (χ3n) is 4.95. The van der Waals surface area contributed by atoms with Gasteiger partial charge in [-0.3, -0.25) is 14.4 Å². The average molecular weight is 440 g/mol. The Bertz CT molecular complexity index is 1090. The van der Waals surface area contributed by atoms with Crippen molar-refractivity contribution in [3.63, 3.8) is 0 Å². The van der Waals surface area contributed by atoms with E-state index in [9.17, 15) is 14.4 Å². The molecule has 8 heteroatoms. The van der Waals surface area contributed by atoms with E-state index in [0.29, 0.717) is 20.7 Å². The number of carbonyl (C=O) groups excluding carboxylic acids is 3. The van der Waals surface area contributed by atoms with Crippen LogP contribution in [-0.4, -0.2) is 17.7 Å². The molecule has 0 spiro atoms. The normalized spacial score (nSPS) is 14.0. The number of amides is 3. The summed E-state index contributed by atoms with van der Waals surface area (Å²) < 4.78 is 0.578. The highest BCUT2D eigenvalue weighted by molar-refractivity contribution is 7.20. The molecule has 0 fully saturated rings. The Morgan fingerprint density at radius 3 is 1.80 bits per heavy atom. The first-order valence-corrected chi connectivity index (χ1v) is 10.4. The highest BCUT2D eigenvalue weighted by Gasteiger charge is 2.51. The van der Waals surface area contributed by atoms with Gasteiger partial charge in [0.2, 0.25) is 17.7 Å². The lowest BCUT2D eigenvalue weighted by Gasteiger charge is -2.29. The van der Waals surface area contributed by atoms with E-state index in [1.807, 2.05) is 30.3 Å². The fourth-order valence-electron chi connectivity index (χ4n) is 3.81. The summed E-state index contributed by atoms with van der Waals surface area (Å²) in [4.78, 5) is 36.1. The zero-order chi connectivity index (χ0) is 21.5. The summed E-state index contributed by atoms with van der Waals surface area (Å²) in [7, 11) is 0. The van der Waals surface area contributed by atoms with Crippen molar-refractivity contribution in [2.24, 2.45) is 0 Å². The van der Waals surface area contributed by atoms with Crippen LogP contribution in [-0.2, 0) is 19.8 Å². The fourth-order valence-corrected chi connectivity index (χ4v) is 4.98.